The van der Waals surface area contributed by atoms with Gasteiger partial charge in [-0.05, 0) is 83.5 Å². The number of carboxylic acids is 1. The van der Waals surface area contributed by atoms with Crippen molar-refractivity contribution in [2.75, 3.05) is 14.2 Å². The second-order valence-corrected chi connectivity index (χ2v) is 12.3. The lowest BCUT2D eigenvalue weighted by Gasteiger charge is -2.58. The Kier molecular flexibility index (Phi) is 7.53. The van der Waals surface area contributed by atoms with Crippen molar-refractivity contribution in [3.05, 3.63) is 88.7 Å². The lowest BCUT2D eigenvalue weighted by molar-refractivity contribution is -0.208. The number of carboxylic acid groups (broad SMARTS) is 1. The summed E-state index contributed by atoms with van der Waals surface area (Å²) in [6.45, 7) is 6.36. The molecule has 1 fully saturated rings. The molecule has 3 aromatic rings. The number of hydrogen-bond acceptors (Lipinski definition) is 4. The Bertz CT molecular complexity index is 1410. The van der Waals surface area contributed by atoms with Gasteiger partial charge in [-0.2, -0.15) is 0 Å². The molecular weight excluding hydrogens is 507 g/mol. The summed E-state index contributed by atoms with van der Waals surface area (Å²) in [6, 6.07) is 18.7. The van der Waals surface area contributed by atoms with Crippen molar-refractivity contribution in [1.29, 1.82) is 0 Å². The van der Waals surface area contributed by atoms with E-state index in [-0.39, 0.29) is 23.9 Å². The molecule has 3 atom stereocenters. The number of benzene rings is 3. The van der Waals surface area contributed by atoms with Crippen LogP contribution in [0.5, 0.6) is 5.75 Å². The van der Waals surface area contributed by atoms with Gasteiger partial charge in [0.25, 0.3) is 0 Å². The van der Waals surface area contributed by atoms with Crippen LogP contribution >= 0.6 is 0 Å². The molecule has 3 aromatic carbocycles. The van der Waals surface area contributed by atoms with Gasteiger partial charge in [-0.15, -0.1) is 0 Å². The molecule has 1 spiro atoms. The zero-order valence-electron chi connectivity index (χ0n) is 24.1. The van der Waals surface area contributed by atoms with Crippen molar-refractivity contribution in [2.24, 2.45) is 5.41 Å². The third-order valence-corrected chi connectivity index (χ3v) is 8.97. The van der Waals surface area contributed by atoms with E-state index in [4.69, 9.17) is 14.2 Å². The van der Waals surface area contributed by atoms with Crippen LogP contribution in [0.25, 0.3) is 11.1 Å². The van der Waals surface area contributed by atoms with Gasteiger partial charge in [0.1, 0.15) is 11.6 Å². The number of fused-ring (bicyclic) bond motifs is 2. The molecule has 2 unspecified atom stereocenters. The van der Waals surface area contributed by atoms with E-state index in [1.165, 1.54) is 11.6 Å². The van der Waals surface area contributed by atoms with Crippen LogP contribution in [-0.2, 0) is 32.7 Å². The van der Waals surface area contributed by atoms with Crippen LogP contribution in [0.1, 0.15) is 74.8 Å². The number of hydrogen-bond donors (Lipinski definition) is 1. The molecule has 40 heavy (non-hydrogen) atoms. The predicted molar refractivity (Wildman–Crippen MR) is 153 cm³/mol. The standard InChI is InChI=1S/C34H39FO5/c1-32(2,3)30(39-5)27-19-22(12-14-25(27)26-20-24(38-4)13-15-29(26)35)21-40-34(31(36)37)18-17-33(34)16-8-10-23-9-6-7-11-28(23)33/h6-7,9,11-15,19-20,30H,8,10,16-18,21H2,1-5H3,(H,36,37)/t30-,33?,34?/m1/s1. The first kappa shape index (κ1) is 28.3. The second-order valence-electron chi connectivity index (χ2n) is 12.3. The molecule has 0 radical (unpaired) electrons. The van der Waals surface area contributed by atoms with Crippen molar-refractivity contribution in [3.8, 4) is 16.9 Å². The fraction of sp³-hybridized carbons (Fsp3) is 0.441. The zero-order chi connectivity index (χ0) is 28.7. The first-order valence-electron chi connectivity index (χ1n) is 14.0. The SMILES string of the molecule is COc1ccc(F)c(-c2ccc(COC3(C(=O)O)CCC34CCCc3ccccc34)cc2[C@@H](OC)C(C)(C)C)c1. The third-order valence-electron chi connectivity index (χ3n) is 8.97. The molecule has 0 saturated heterocycles. The summed E-state index contributed by atoms with van der Waals surface area (Å²) >= 11 is 0. The minimum Gasteiger partial charge on any atom is -0.497 e. The van der Waals surface area contributed by atoms with Crippen molar-refractivity contribution in [3.63, 3.8) is 0 Å². The Morgan fingerprint density at radius 2 is 1.77 bits per heavy atom. The Morgan fingerprint density at radius 3 is 2.42 bits per heavy atom. The van der Waals surface area contributed by atoms with E-state index in [9.17, 15) is 9.90 Å². The number of aliphatic carboxylic acids is 1. The molecule has 2 aliphatic rings. The van der Waals surface area contributed by atoms with E-state index in [2.05, 4.69) is 32.9 Å². The van der Waals surface area contributed by atoms with Gasteiger partial charge in [-0.1, -0.05) is 63.2 Å². The molecule has 0 amide bonds. The summed E-state index contributed by atoms with van der Waals surface area (Å²) in [4.78, 5) is 12.9. The zero-order valence-corrected chi connectivity index (χ0v) is 24.1. The molecule has 0 bridgehead atoms. The molecule has 0 aliphatic heterocycles. The largest absolute Gasteiger partial charge is 0.497 e. The Morgan fingerprint density at radius 1 is 1.00 bits per heavy atom. The van der Waals surface area contributed by atoms with Gasteiger partial charge in [-0.3, -0.25) is 0 Å². The highest BCUT2D eigenvalue weighted by Crippen LogP contribution is 2.59. The van der Waals surface area contributed by atoms with Crippen molar-refractivity contribution >= 4 is 5.97 Å². The fourth-order valence-corrected chi connectivity index (χ4v) is 6.99. The van der Waals surface area contributed by atoms with Crippen LogP contribution < -0.4 is 4.74 Å². The summed E-state index contributed by atoms with van der Waals surface area (Å²) in [5.41, 5.74) is 3.01. The van der Waals surface area contributed by atoms with Gasteiger partial charge in [0.05, 0.1) is 19.8 Å². The monoisotopic (exact) mass is 546 g/mol. The van der Waals surface area contributed by atoms with Gasteiger partial charge in [0, 0.05) is 18.1 Å². The Balaban J connectivity index is 1.54. The van der Waals surface area contributed by atoms with E-state index in [1.807, 2.05) is 30.3 Å². The maximum absolute atomic E-state index is 15.1. The maximum Gasteiger partial charge on any atom is 0.336 e. The Labute approximate surface area is 236 Å². The van der Waals surface area contributed by atoms with Gasteiger partial charge >= 0.3 is 5.97 Å². The highest BCUT2D eigenvalue weighted by Gasteiger charge is 2.66. The number of ether oxygens (including phenoxy) is 3. The first-order valence-corrected chi connectivity index (χ1v) is 14.0. The molecule has 5 rings (SSSR count). The first-order chi connectivity index (χ1) is 19.1. The molecular formula is C34H39FO5. The quantitative estimate of drug-likeness (QED) is 0.314. The van der Waals surface area contributed by atoms with E-state index >= 15 is 4.39 Å². The highest BCUT2D eigenvalue weighted by molar-refractivity contribution is 5.83. The molecule has 0 heterocycles. The Hall–Kier alpha value is -3.22. The van der Waals surface area contributed by atoms with Gasteiger partial charge in [0.15, 0.2) is 5.60 Å². The van der Waals surface area contributed by atoms with Crippen molar-refractivity contribution in [1.82, 2.24) is 0 Å². The van der Waals surface area contributed by atoms with E-state index in [0.717, 1.165) is 42.4 Å². The average molecular weight is 547 g/mol. The van der Waals surface area contributed by atoms with Crippen LogP contribution in [0.4, 0.5) is 4.39 Å². The minimum absolute atomic E-state index is 0.130. The van der Waals surface area contributed by atoms with Crippen LogP contribution in [0.15, 0.2) is 60.7 Å². The third kappa shape index (κ3) is 4.61. The average Bonchev–Trinajstić information content (AvgIpc) is 2.92. The maximum atomic E-state index is 15.1. The fourth-order valence-electron chi connectivity index (χ4n) is 6.99. The molecule has 0 aromatic heterocycles. The second kappa shape index (κ2) is 10.6. The summed E-state index contributed by atoms with van der Waals surface area (Å²) < 4.78 is 33.0. The predicted octanol–water partition coefficient (Wildman–Crippen LogP) is 7.64. The lowest BCUT2D eigenvalue weighted by atomic mass is 9.49. The molecule has 1 saturated carbocycles. The number of halogens is 1. The van der Waals surface area contributed by atoms with E-state index in [0.29, 0.717) is 23.3 Å². The summed E-state index contributed by atoms with van der Waals surface area (Å²) in [5.74, 6) is -0.701. The topological polar surface area (TPSA) is 65.0 Å². The molecule has 212 valence electrons. The van der Waals surface area contributed by atoms with Gasteiger partial charge in [0.2, 0.25) is 0 Å². The smallest absolute Gasteiger partial charge is 0.336 e. The summed E-state index contributed by atoms with van der Waals surface area (Å²) in [6.07, 6.45) is 3.63. The lowest BCUT2D eigenvalue weighted by Crippen LogP contribution is -2.67. The number of methoxy groups -OCH3 is 2. The molecule has 2 aliphatic carbocycles. The van der Waals surface area contributed by atoms with Crippen molar-refractivity contribution < 1.29 is 28.5 Å². The number of carbonyl (C=O) groups is 1. The number of aryl methyl sites for hydroxylation is 1. The molecule has 6 heteroatoms. The highest BCUT2D eigenvalue weighted by atomic mass is 19.1. The number of rotatable bonds is 8. The van der Waals surface area contributed by atoms with Crippen LogP contribution in [0.2, 0.25) is 0 Å². The molecule has 5 nitrogen and oxygen atoms in total. The van der Waals surface area contributed by atoms with E-state index < -0.39 is 17.0 Å². The van der Waals surface area contributed by atoms with Crippen LogP contribution in [0.3, 0.4) is 0 Å². The van der Waals surface area contributed by atoms with Crippen LogP contribution in [-0.4, -0.2) is 30.9 Å². The van der Waals surface area contributed by atoms with E-state index in [1.54, 1.807) is 26.4 Å². The summed E-state index contributed by atoms with van der Waals surface area (Å²) in [5, 5.41) is 10.6. The van der Waals surface area contributed by atoms with Crippen molar-refractivity contribution in [2.45, 2.75) is 76.6 Å². The van der Waals surface area contributed by atoms with Crippen LogP contribution in [0, 0.1) is 11.2 Å². The minimum atomic E-state index is -1.29. The van der Waals surface area contributed by atoms with Gasteiger partial charge in [-0.25, -0.2) is 9.18 Å². The normalized spacial score (nSPS) is 22.9. The van der Waals surface area contributed by atoms with Gasteiger partial charge < -0.3 is 19.3 Å². The molecule has 1 N–H and O–H groups in total. The summed E-state index contributed by atoms with van der Waals surface area (Å²) in [7, 11) is 3.21.